The van der Waals surface area contributed by atoms with Crippen LogP contribution >= 0.6 is 0 Å². The predicted octanol–water partition coefficient (Wildman–Crippen LogP) is 3.46. The van der Waals surface area contributed by atoms with Gasteiger partial charge in [-0.05, 0) is 56.5 Å². The minimum atomic E-state index is 0.715. The third kappa shape index (κ3) is 5.76. The molecule has 0 aliphatic heterocycles. The SMILES string of the molecule is CCCNC1CCCCCC1CN(C)Cc1ccncc1. The lowest BCUT2D eigenvalue weighted by Crippen LogP contribution is -2.41. The summed E-state index contributed by atoms with van der Waals surface area (Å²) in [5, 5.41) is 3.79. The highest BCUT2D eigenvalue weighted by molar-refractivity contribution is 5.09. The maximum absolute atomic E-state index is 4.10. The molecule has 0 bridgehead atoms. The van der Waals surface area contributed by atoms with Crippen LogP contribution in [0.3, 0.4) is 0 Å². The van der Waals surface area contributed by atoms with E-state index in [0.717, 1.165) is 19.0 Å². The summed E-state index contributed by atoms with van der Waals surface area (Å²) in [6.45, 7) is 5.65. The van der Waals surface area contributed by atoms with Crippen LogP contribution in [0.2, 0.25) is 0 Å². The van der Waals surface area contributed by atoms with Crippen LogP contribution in [0.25, 0.3) is 0 Å². The maximum Gasteiger partial charge on any atom is 0.0271 e. The van der Waals surface area contributed by atoms with Crippen LogP contribution in [0.4, 0.5) is 0 Å². The van der Waals surface area contributed by atoms with Crippen LogP contribution in [0.1, 0.15) is 51.0 Å². The highest BCUT2D eigenvalue weighted by Gasteiger charge is 2.24. The molecule has 2 atom stereocenters. The first kappa shape index (κ1) is 16.4. The summed E-state index contributed by atoms with van der Waals surface area (Å²) >= 11 is 0. The number of rotatable bonds is 7. The Balaban J connectivity index is 1.87. The van der Waals surface area contributed by atoms with Crippen LogP contribution in [-0.2, 0) is 6.54 Å². The largest absolute Gasteiger partial charge is 0.314 e. The number of hydrogen-bond acceptors (Lipinski definition) is 3. The lowest BCUT2D eigenvalue weighted by Gasteiger charge is -2.30. The number of nitrogens with zero attached hydrogens (tertiary/aromatic N) is 2. The molecule has 1 fully saturated rings. The molecule has 1 aromatic heterocycles. The second-order valence-electron chi connectivity index (χ2n) is 6.51. The molecule has 1 aliphatic rings. The Labute approximate surface area is 130 Å². The number of hydrogen-bond donors (Lipinski definition) is 1. The quantitative estimate of drug-likeness (QED) is 0.779. The van der Waals surface area contributed by atoms with Gasteiger partial charge in [-0.3, -0.25) is 4.98 Å². The lowest BCUT2D eigenvalue weighted by atomic mass is 9.94. The zero-order valence-electron chi connectivity index (χ0n) is 13.7. The Morgan fingerprint density at radius 1 is 1.19 bits per heavy atom. The Morgan fingerprint density at radius 2 is 1.95 bits per heavy atom. The molecule has 2 unspecified atom stereocenters. The molecular weight excluding hydrogens is 258 g/mol. The zero-order valence-corrected chi connectivity index (χ0v) is 13.7. The molecule has 0 radical (unpaired) electrons. The van der Waals surface area contributed by atoms with Gasteiger partial charge in [-0.1, -0.05) is 26.2 Å². The highest BCUT2D eigenvalue weighted by Crippen LogP contribution is 2.24. The molecule has 0 aromatic carbocycles. The summed E-state index contributed by atoms with van der Waals surface area (Å²) in [5.74, 6) is 0.797. The minimum absolute atomic E-state index is 0.715. The van der Waals surface area contributed by atoms with E-state index >= 15 is 0 Å². The smallest absolute Gasteiger partial charge is 0.0271 e. The monoisotopic (exact) mass is 289 g/mol. The fraction of sp³-hybridized carbons (Fsp3) is 0.722. The Bertz CT molecular complexity index is 379. The Hall–Kier alpha value is -0.930. The lowest BCUT2D eigenvalue weighted by molar-refractivity contribution is 0.218. The van der Waals surface area contributed by atoms with Crippen LogP contribution in [0.5, 0.6) is 0 Å². The van der Waals surface area contributed by atoms with Crippen LogP contribution in [0, 0.1) is 5.92 Å². The van der Waals surface area contributed by atoms with E-state index in [-0.39, 0.29) is 0 Å². The van der Waals surface area contributed by atoms with Crippen molar-refractivity contribution < 1.29 is 0 Å². The van der Waals surface area contributed by atoms with E-state index in [1.54, 1.807) is 0 Å². The topological polar surface area (TPSA) is 28.2 Å². The molecule has 1 aliphatic carbocycles. The van der Waals surface area contributed by atoms with Gasteiger partial charge in [-0.15, -0.1) is 0 Å². The van der Waals surface area contributed by atoms with Crippen molar-refractivity contribution >= 4 is 0 Å². The van der Waals surface area contributed by atoms with E-state index in [2.05, 4.69) is 41.3 Å². The molecule has 3 heteroatoms. The summed E-state index contributed by atoms with van der Waals surface area (Å²) in [6, 6.07) is 4.96. The van der Waals surface area contributed by atoms with Gasteiger partial charge >= 0.3 is 0 Å². The normalized spacial score (nSPS) is 23.2. The predicted molar refractivity (Wildman–Crippen MR) is 89.2 cm³/mol. The third-order valence-corrected chi connectivity index (χ3v) is 4.56. The summed E-state index contributed by atoms with van der Waals surface area (Å²) in [6.07, 6.45) is 12.0. The molecule has 1 N–H and O–H groups in total. The molecule has 1 saturated carbocycles. The first-order chi connectivity index (χ1) is 10.3. The van der Waals surface area contributed by atoms with Gasteiger partial charge < -0.3 is 10.2 Å². The average Bonchev–Trinajstić information content (AvgIpc) is 2.71. The molecular formula is C18H31N3. The van der Waals surface area contributed by atoms with Crippen LogP contribution < -0.4 is 5.32 Å². The van der Waals surface area contributed by atoms with Crippen molar-refractivity contribution in [2.75, 3.05) is 20.1 Å². The molecule has 0 amide bonds. The van der Waals surface area contributed by atoms with Gasteiger partial charge in [0, 0.05) is 31.5 Å². The number of aromatic nitrogens is 1. The van der Waals surface area contributed by atoms with E-state index in [9.17, 15) is 0 Å². The molecule has 2 rings (SSSR count). The van der Waals surface area contributed by atoms with E-state index in [1.807, 2.05) is 12.4 Å². The van der Waals surface area contributed by atoms with Gasteiger partial charge in [-0.25, -0.2) is 0 Å². The Kier molecular flexibility index (Phi) is 7.17. The second kappa shape index (κ2) is 9.16. The van der Waals surface area contributed by atoms with Crippen molar-refractivity contribution in [3.05, 3.63) is 30.1 Å². The summed E-state index contributed by atoms with van der Waals surface area (Å²) in [5.41, 5.74) is 1.36. The van der Waals surface area contributed by atoms with Gasteiger partial charge in [0.1, 0.15) is 0 Å². The minimum Gasteiger partial charge on any atom is -0.314 e. The standard InChI is InChI=1S/C18H31N3/c1-3-11-20-18-8-6-4-5-7-17(18)15-21(2)14-16-9-12-19-13-10-16/h9-10,12-13,17-18,20H,3-8,11,14-15H2,1-2H3. The molecule has 118 valence electrons. The first-order valence-corrected chi connectivity index (χ1v) is 8.60. The fourth-order valence-corrected chi connectivity index (χ4v) is 3.47. The van der Waals surface area contributed by atoms with Gasteiger partial charge in [0.2, 0.25) is 0 Å². The van der Waals surface area contributed by atoms with E-state index in [0.29, 0.717) is 6.04 Å². The summed E-state index contributed by atoms with van der Waals surface area (Å²) in [4.78, 5) is 6.58. The van der Waals surface area contributed by atoms with Crippen molar-refractivity contribution in [3.8, 4) is 0 Å². The van der Waals surface area contributed by atoms with Gasteiger partial charge in [0.25, 0.3) is 0 Å². The molecule has 0 spiro atoms. The van der Waals surface area contributed by atoms with Crippen LogP contribution in [0.15, 0.2) is 24.5 Å². The van der Waals surface area contributed by atoms with Crippen molar-refractivity contribution in [3.63, 3.8) is 0 Å². The number of nitrogens with one attached hydrogen (secondary N) is 1. The van der Waals surface area contributed by atoms with Crippen molar-refractivity contribution in [2.24, 2.45) is 5.92 Å². The summed E-state index contributed by atoms with van der Waals surface area (Å²) in [7, 11) is 2.25. The summed E-state index contributed by atoms with van der Waals surface area (Å²) < 4.78 is 0. The van der Waals surface area contributed by atoms with Crippen molar-refractivity contribution in [1.82, 2.24) is 15.2 Å². The van der Waals surface area contributed by atoms with Crippen molar-refractivity contribution in [2.45, 2.75) is 58.0 Å². The average molecular weight is 289 g/mol. The number of pyridine rings is 1. The molecule has 0 saturated heterocycles. The zero-order chi connectivity index (χ0) is 14.9. The maximum atomic E-state index is 4.10. The molecule has 1 aromatic rings. The van der Waals surface area contributed by atoms with Gasteiger partial charge in [0.15, 0.2) is 0 Å². The van der Waals surface area contributed by atoms with E-state index in [4.69, 9.17) is 0 Å². The van der Waals surface area contributed by atoms with Gasteiger partial charge in [0.05, 0.1) is 0 Å². The molecule has 3 nitrogen and oxygen atoms in total. The second-order valence-corrected chi connectivity index (χ2v) is 6.51. The Morgan fingerprint density at radius 3 is 2.71 bits per heavy atom. The van der Waals surface area contributed by atoms with Crippen molar-refractivity contribution in [1.29, 1.82) is 0 Å². The fourth-order valence-electron chi connectivity index (χ4n) is 3.47. The van der Waals surface area contributed by atoms with Gasteiger partial charge in [-0.2, -0.15) is 0 Å². The van der Waals surface area contributed by atoms with E-state index < -0.39 is 0 Å². The molecule has 21 heavy (non-hydrogen) atoms. The third-order valence-electron chi connectivity index (χ3n) is 4.56. The first-order valence-electron chi connectivity index (χ1n) is 8.60. The van der Waals surface area contributed by atoms with Crippen LogP contribution in [-0.4, -0.2) is 36.1 Å². The highest BCUT2D eigenvalue weighted by atomic mass is 15.1. The molecule has 1 heterocycles. The van der Waals surface area contributed by atoms with E-state index in [1.165, 1.54) is 50.6 Å².